The molecule has 3 N–H and O–H groups in total. The molecule has 1 aromatic carbocycles. The van der Waals surface area contributed by atoms with Crippen molar-refractivity contribution < 1.29 is 0 Å². The standard InChI is InChI=1S/C19H25ClN4/c1-13(2)14(3)19(21)24-8-6-23(7-9-24)12-17-11-15-10-16(20)4-5-18(15)22-17/h4-5,10-11,22H,1,6-9,12,21H2,2-3H3/b19-14+. The highest BCUT2D eigenvalue weighted by Crippen LogP contribution is 2.21. The van der Waals surface area contributed by atoms with Crippen LogP contribution in [0.2, 0.25) is 5.02 Å². The fourth-order valence-electron chi connectivity index (χ4n) is 3.09. The van der Waals surface area contributed by atoms with Gasteiger partial charge in [-0.25, -0.2) is 0 Å². The smallest absolute Gasteiger partial charge is 0.102 e. The largest absolute Gasteiger partial charge is 0.385 e. The van der Waals surface area contributed by atoms with Crippen molar-refractivity contribution in [2.75, 3.05) is 26.2 Å². The Kier molecular flexibility index (Phi) is 4.88. The lowest BCUT2D eigenvalue weighted by Gasteiger charge is -2.36. The number of benzene rings is 1. The summed E-state index contributed by atoms with van der Waals surface area (Å²) in [4.78, 5) is 8.18. The second-order valence-corrected chi connectivity index (χ2v) is 7.02. The predicted molar refractivity (Wildman–Crippen MR) is 102 cm³/mol. The Balaban J connectivity index is 1.62. The van der Waals surface area contributed by atoms with E-state index in [1.807, 2.05) is 32.0 Å². The van der Waals surface area contributed by atoms with E-state index in [2.05, 4.69) is 27.4 Å². The van der Waals surface area contributed by atoms with Crippen LogP contribution in [0, 0.1) is 0 Å². The first-order valence-electron chi connectivity index (χ1n) is 8.30. The Morgan fingerprint density at radius 1 is 1.21 bits per heavy atom. The third-order valence-corrected chi connectivity index (χ3v) is 5.00. The number of halogens is 1. The van der Waals surface area contributed by atoms with Gasteiger partial charge in [-0.15, -0.1) is 0 Å². The van der Waals surface area contributed by atoms with Crippen LogP contribution in [-0.4, -0.2) is 41.0 Å². The van der Waals surface area contributed by atoms with Crippen molar-refractivity contribution in [2.45, 2.75) is 20.4 Å². The summed E-state index contributed by atoms with van der Waals surface area (Å²) in [5, 5.41) is 1.94. The lowest BCUT2D eigenvalue weighted by molar-refractivity contribution is 0.150. The summed E-state index contributed by atoms with van der Waals surface area (Å²) in [6.45, 7) is 12.8. The van der Waals surface area contributed by atoms with Gasteiger partial charge in [0.05, 0.1) is 0 Å². The number of nitrogens with zero attached hydrogens (tertiary/aromatic N) is 2. The number of hydrogen-bond donors (Lipinski definition) is 2. The SMILES string of the molecule is C=C(C)/C(C)=C(\N)N1CCN(Cc2cc3cc(Cl)ccc3[nH]2)CC1. The molecule has 1 aromatic heterocycles. The van der Waals surface area contributed by atoms with Crippen molar-refractivity contribution >= 4 is 22.5 Å². The van der Waals surface area contributed by atoms with E-state index in [0.717, 1.165) is 60.2 Å². The van der Waals surface area contributed by atoms with Gasteiger partial charge in [-0.1, -0.05) is 23.8 Å². The van der Waals surface area contributed by atoms with Crippen LogP contribution in [0.4, 0.5) is 0 Å². The molecule has 3 rings (SSSR count). The van der Waals surface area contributed by atoms with Crippen molar-refractivity contribution in [3.63, 3.8) is 0 Å². The number of aromatic amines is 1. The van der Waals surface area contributed by atoms with Crippen LogP contribution in [-0.2, 0) is 6.54 Å². The molecule has 2 heterocycles. The highest BCUT2D eigenvalue weighted by Gasteiger charge is 2.19. The quantitative estimate of drug-likeness (QED) is 0.831. The number of aromatic nitrogens is 1. The van der Waals surface area contributed by atoms with Crippen molar-refractivity contribution in [3.05, 3.63) is 58.5 Å². The molecule has 5 heteroatoms. The van der Waals surface area contributed by atoms with Crippen LogP contribution in [0.25, 0.3) is 10.9 Å². The van der Waals surface area contributed by atoms with Crippen LogP contribution in [0.15, 0.2) is 47.8 Å². The molecule has 1 aliphatic rings. The van der Waals surface area contributed by atoms with Gasteiger partial charge in [-0.05, 0) is 43.7 Å². The third-order valence-electron chi connectivity index (χ3n) is 4.77. The molecule has 2 aromatic rings. The molecule has 4 nitrogen and oxygen atoms in total. The predicted octanol–water partition coefficient (Wildman–Crippen LogP) is 3.71. The van der Waals surface area contributed by atoms with Crippen LogP contribution < -0.4 is 5.73 Å². The molecule has 0 atom stereocenters. The van der Waals surface area contributed by atoms with Crippen LogP contribution in [0.1, 0.15) is 19.5 Å². The lowest BCUT2D eigenvalue weighted by atomic mass is 10.1. The highest BCUT2D eigenvalue weighted by atomic mass is 35.5. The molecule has 0 aliphatic carbocycles. The first-order chi connectivity index (χ1) is 11.4. The second kappa shape index (κ2) is 6.91. The maximum Gasteiger partial charge on any atom is 0.102 e. The molecule has 0 spiro atoms. The fourth-order valence-corrected chi connectivity index (χ4v) is 3.27. The van der Waals surface area contributed by atoms with Gasteiger partial charge in [0.15, 0.2) is 0 Å². The van der Waals surface area contributed by atoms with Crippen molar-refractivity contribution in [2.24, 2.45) is 5.73 Å². The summed E-state index contributed by atoms with van der Waals surface area (Å²) in [5.74, 6) is 0.863. The molecule has 0 amide bonds. The molecule has 128 valence electrons. The minimum atomic E-state index is 0.775. The summed E-state index contributed by atoms with van der Waals surface area (Å²) >= 11 is 6.06. The molecule has 0 bridgehead atoms. The number of nitrogens with one attached hydrogen (secondary N) is 1. The van der Waals surface area contributed by atoms with E-state index < -0.39 is 0 Å². The Labute approximate surface area is 148 Å². The number of hydrogen-bond acceptors (Lipinski definition) is 3. The molecule has 24 heavy (non-hydrogen) atoms. The van der Waals surface area contributed by atoms with Crippen molar-refractivity contribution in [1.29, 1.82) is 0 Å². The Morgan fingerprint density at radius 2 is 1.92 bits per heavy atom. The van der Waals surface area contributed by atoms with Crippen LogP contribution in [0.3, 0.4) is 0 Å². The van der Waals surface area contributed by atoms with E-state index in [1.54, 1.807) is 0 Å². The number of piperazine rings is 1. The molecule has 0 unspecified atom stereocenters. The van der Waals surface area contributed by atoms with Gasteiger partial charge in [0.25, 0.3) is 0 Å². The van der Waals surface area contributed by atoms with Gasteiger partial charge in [0.1, 0.15) is 5.82 Å². The van der Waals surface area contributed by atoms with E-state index in [1.165, 1.54) is 11.1 Å². The average molecular weight is 345 g/mol. The number of rotatable bonds is 4. The monoisotopic (exact) mass is 344 g/mol. The van der Waals surface area contributed by atoms with Gasteiger partial charge in [-0.3, -0.25) is 4.90 Å². The maximum absolute atomic E-state index is 6.26. The van der Waals surface area contributed by atoms with Gasteiger partial charge in [0, 0.05) is 54.3 Å². The molecular weight excluding hydrogens is 320 g/mol. The summed E-state index contributed by atoms with van der Waals surface area (Å²) in [5.41, 5.74) is 10.8. The van der Waals surface area contributed by atoms with E-state index in [0.29, 0.717) is 0 Å². The van der Waals surface area contributed by atoms with E-state index in [4.69, 9.17) is 17.3 Å². The average Bonchev–Trinajstić information content (AvgIpc) is 2.95. The Bertz CT molecular complexity index is 782. The van der Waals surface area contributed by atoms with Crippen LogP contribution >= 0.6 is 11.6 Å². The second-order valence-electron chi connectivity index (χ2n) is 6.58. The van der Waals surface area contributed by atoms with Gasteiger partial charge in [0.2, 0.25) is 0 Å². The fraction of sp³-hybridized carbons (Fsp3) is 0.368. The first kappa shape index (κ1) is 16.9. The normalized spacial score (nSPS) is 17.2. The number of nitrogens with two attached hydrogens (primary N) is 1. The zero-order valence-corrected chi connectivity index (χ0v) is 15.2. The zero-order chi connectivity index (χ0) is 17.3. The third kappa shape index (κ3) is 3.60. The lowest BCUT2D eigenvalue weighted by Crippen LogP contribution is -2.47. The number of allylic oxidation sites excluding steroid dienone is 2. The highest BCUT2D eigenvalue weighted by molar-refractivity contribution is 6.31. The molecular formula is C19H25ClN4. The van der Waals surface area contributed by atoms with Gasteiger partial charge >= 0.3 is 0 Å². The van der Waals surface area contributed by atoms with Crippen molar-refractivity contribution in [1.82, 2.24) is 14.8 Å². The van der Waals surface area contributed by atoms with E-state index in [9.17, 15) is 0 Å². The molecule has 0 radical (unpaired) electrons. The molecule has 1 fully saturated rings. The number of H-pyrrole nitrogens is 1. The number of fused-ring (bicyclic) bond motifs is 1. The molecule has 1 saturated heterocycles. The van der Waals surface area contributed by atoms with Gasteiger partial charge < -0.3 is 15.6 Å². The van der Waals surface area contributed by atoms with E-state index in [-0.39, 0.29) is 0 Å². The van der Waals surface area contributed by atoms with Crippen molar-refractivity contribution in [3.8, 4) is 0 Å². The van der Waals surface area contributed by atoms with Crippen LogP contribution in [0.5, 0.6) is 0 Å². The zero-order valence-electron chi connectivity index (χ0n) is 14.4. The Morgan fingerprint density at radius 3 is 2.58 bits per heavy atom. The Hall–Kier alpha value is -1.91. The first-order valence-corrected chi connectivity index (χ1v) is 8.68. The maximum atomic E-state index is 6.26. The van der Waals surface area contributed by atoms with E-state index >= 15 is 0 Å². The molecule has 1 aliphatic heterocycles. The summed E-state index contributed by atoms with van der Waals surface area (Å²) in [6, 6.07) is 8.14. The molecule has 0 saturated carbocycles. The topological polar surface area (TPSA) is 48.3 Å². The minimum Gasteiger partial charge on any atom is -0.385 e. The summed E-state index contributed by atoms with van der Waals surface area (Å²) in [7, 11) is 0. The minimum absolute atomic E-state index is 0.775. The van der Waals surface area contributed by atoms with Gasteiger partial charge in [-0.2, -0.15) is 0 Å². The summed E-state index contributed by atoms with van der Waals surface area (Å²) < 4.78 is 0. The summed E-state index contributed by atoms with van der Waals surface area (Å²) in [6.07, 6.45) is 0.